The first-order valence-electron chi connectivity index (χ1n) is 20.7. The molecule has 2 atom stereocenters. The van der Waals surface area contributed by atoms with Crippen molar-refractivity contribution in [2.45, 2.75) is 25.2 Å². The summed E-state index contributed by atoms with van der Waals surface area (Å²) in [7, 11) is 0. The maximum atomic E-state index is 6.45. The SMILES string of the molecule is CC1(C)c2cc(N(c3ccc(-c4cc(-c5ccccc5)cc(-c5ccccc5)c4)cc3)c3ccc(-c4cccc5c4oc4ccccc45)cc3)ccc2C2C=CC=CC21. The van der Waals surface area contributed by atoms with Crippen molar-refractivity contribution in [1.82, 2.24) is 0 Å². The molecule has 0 amide bonds. The van der Waals surface area contributed by atoms with Crippen LogP contribution in [-0.4, -0.2) is 0 Å². The minimum Gasteiger partial charge on any atom is -0.455 e. The van der Waals surface area contributed by atoms with Crippen molar-refractivity contribution in [3.05, 3.63) is 223 Å². The van der Waals surface area contributed by atoms with Gasteiger partial charge in [0.05, 0.1) is 0 Å². The van der Waals surface area contributed by atoms with Crippen LogP contribution in [0.15, 0.2) is 217 Å². The Morgan fingerprint density at radius 2 is 0.983 bits per heavy atom. The third-order valence-electron chi connectivity index (χ3n) is 12.8. The van der Waals surface area contributed by atoms with Gasteiger partial charge in [-0.15, -0.1) is 0 Å². The summed E-state index contributed by atoms with van der Waals surface area (Å²) >= 11 is 0. The highest BCUT2D eigenvalue weighted by Gasteiger charge is 2.44. The molecule has 2 aliphatic carbocycles. The average molecular weight is 758 g/mol. The number of nitrogens with zero attached hydrogens (tertiary/aromatic N) is 1. The summed E-state index contributed by atoms with van der Waals surface area (Å²) < 4.78 is 6.45. The van der Waals surface area contributed by atoms with Crippen LogP contribution in [0.25, 0.3) is 66.4 Å². The van der Waals surface area contributed by atoms with E-state index in [9.17, 15) is 0 Å². The van der Waals surface area contributed by atoms with E-state index in [0.29, 0.717) is 11.8 Å². The molecule has 59 heavy (non-hydrogen) atoms. The van der Waals surface area contributed by atoms with Gasteiger partial charge < -0.3 is 9.32 Å². The lowest BCUT2D eigenvalue weighted by Crippen LogP contribution is -2.24. The summed E-state index contributed by atoms with van der Waals surface area (Å²) in [5.41, 5.74) is 17.5. The Morgan fingerprint density at radius 3 is 1.64 bits per heavy atom. The molecule has 0 fully saturated rings. The van der Waals surface area contributed by atoms with Gasteiger partial charge in [-0.05, 0) is 122 Å². The van der Waals surface area contributed by atoms with Gasteiger partial charge in [0.25, 0.3) is 0 Å². The molecule has 2 aliphatic rings. The highest BCUT2D eigenvalue weighted by Crippen LogP contribution is 2.54. The lowest BCUT2D eigenvalue weighted by Gasteiger charge is -2.30. The van der Waals surface area contributed by atoms with Crippen LogP contribution in [0.3, 0.4) is 0 Å². The van der Waals surface area contributed by atoms with Crippen LogP contribution in [0.1, 0.15) is 30.9 Å². The van der Waals surface area contributed by atoms with E-state index in [1.165, 1.54) is 44.5 Å². The number of anilines is 3. The summed E-state index contributed by atoms with van der Waals surface area (Å²) in [6.07, 6.45) is 9.21. The monoisotopic (exact) mass is 757 g/mol. The molecule has 2 heteroatoms. The third kappa shape index (κ3) is 6.03. The Kier molecular flexibility index (Phi) is 8.34. The van der Waals surface area contributed by atoms with E-state index in [1.807, 2.05) is 12.1 Å². The first-order valence-corrected chi connectivity index (χ1v) is 20.7. The van der Waals surface area contributed by atoms with Gasteiger partial charge in [0.2, 0.25) is 0 Å². The molecule has 0 saturated heterocycles. The number of furan rings is 1. The molecule has 282 valence electrons. The fourth-order valence-electron chi connectivity index (χ4n) is 9.71. The molecule has 1 aromatic heterocycles. The van der Waals surface area contributed by atoms with Crippen molar-refractivity contribution in [1.29, 1.82) is 0 Å². The van der Waals surface area contributed by atoms with E-state index in [2.05, 4.69) is 219 Å². The molecule has 8 aromatic carbocycles. The van der Waals surface area contributed by atoms with Crippen LogP contribution in [0.4, 0.5) is 17.1 Å². The summed E-state index contributed by atoms with van der Waals surface area (Å²) in [5, 5.41) is 2.28. The third-order valence-corrected chi connectivity index (χ3v) is 12.8. The molecule has 2 nitrogen and oxygen atoms in total. The molecule has 9 aromatic rings. The van der Waals surface area contributed by atoms with Crippen molar-refractivity contribution in [2.75, 3.05) is 4.90 Å². The molecule has 0 N–H and O–H groups in total. The fourth-order valence-corrected chi connectivity index (χ4v) is 9.71. The Balaban J connectivity index is 1.02. The molecular formula is C57H43NO. The quantitative estimate of drug-likeness (QED) is 0.161. The van der Waals surface area contributed by atoms with E-state index >= 15 is 0 Å². The topological polar surface area (TPSA) is 16.4 Å². The minimum absolute atomic E-state index is 0.00213. The highest BCUT2D eigenvalue weighted by atomic mass is 16.3. The highest BCUT2D eigenvalue weighted by molar-refractivity contribution is 6.09. The minimum atomic E-state index is 0.00213. The second-order valence-electron chi connectivity index (χ2n) is 16.6. The van der Waals surface area contributed by atoms with Gasteiger partial charge in [-0.2, -0.15) is 0 Å². The molecule has 0 aliphatic heterocycles. The molecular weight excluding hydrogens is 715 g/mol. The number of para-hydroxylation sites is 2. The van der Waals surface area contributed by atoms with Crippen molar-refractivity contribution in [3.8, 4) is 44.5 Å². The van der Waals surface area contributed by atoms with Crippen molar-refractivity contribution < 1.29 is 4.42 Å². The normalized spacial score (nSPS) is 16.3. The molecule has 0 bridgehead atoms. The Labute approximate surface area is 346 Å². The van der Waals surface area contributed by atoms with E-state index in [0.717, 1.165) is 50.1 Å². The van der Waals surface area contributed by atoms with Gasteiger partial charge in [0, 0.05) is 39.3 Å². The number of hydrogen-bond donors (Lipinski definition) is 0. The standard InChI is InChI=1S/C57H43NO/c1-57(2)53-22-11-9-18-49(53)50-33-32-47(37-54(50)57)58(46-30-26-41(27-31-46)48-20-13-21-52-51-19-10-12-23-55(51)59-56(48)52)45-28-24-40(25-29-45)44-35-42(38-14-5-3-6-15-38)34-43(36-44)39-16-7-4-8-17-39/h3-37,49,53H,1-2H3. The maximum absolute atomic E-state index is 6.45. The molecule has 2 unspecified atom stereocenters. The van der Waals surface area contributed by atoms with Crippen LogP contribution in [0.5, 0.6) is 0 Å². The summed E-state index contributed by atoms with van der Waals surface area (Å²) in [4.78, 5) is 2.41. The van der Waals surface area contributed by atoms with E-state index in [1.54, 1.807) is 0 Å². The number of hydrogen-bond acceptors (Lipinski definition) is 2. The average Bonchev–Trinajstić information content (AvgIpc) is 3.79. The van der Waals surface area contributed by atoms with E-state index in [4.69, 9.17) is 4.42 Å². The fraction of sp³-hybridized carbons (Fsp3) is 0.0877. The van der Waals surface area contributed by atoms with Crippen LogP contribution in [-0.2, 0) is 5.41 Å². The van der Waals surface area contributed by atoms with Gasteiger partial charge >= 0.3 is 0 Å². The Hall–Kier alpha value is -7.16. The number of benzene rings is 8. The van der Waals surface area contributed by atoms with Crippen LogP contribution in [0.2, 0.25) is 0 Å². The molecule has 0 radical (unpaired) electrons. The summed E-state index contributed by atoms with van der Waals surface area (Å²) in [6, 6.07) is 68.3. The van der Waals surface area contributed by atoms with Crippen LogP contribution >= 0.6 is 0 Å². The predicted molar refractivity (Wildman–Crippen MR) is 248 cm³/mol. The number of rotatable bonds is 7. The largest absolute Gasteiger partial charge is 0.455 e. The first kappa shape index (κ1) is 35.0. The lowest BCUT2D eigenvalue weighted by atomic mass is 9.74. The second kappa shape index (κ2) is 14.0. The number of allylic oxidation sites excluding steroid dienone is 4. The van der Waals surface area contributed by atoms with Crippen molar-refractivity contribution in [2.24, 2.45) is 5.92 Å². The zero-order valence-electron chi connectivity index (χ0n) is 33.2. The molecule has 11 rings (SSSR count). The van der Waals surface area contributed by atoms with Gasteiger partial charge in [0.15, 0.2) is 0 Å². The zero-order chi connectivity index (χ0) is 39.5. The zero-order valence-corrected chi connectivity index (χ0v) is 33.2. The Morgan fingerprint density at radius 1 is 0.441 bits per heavy atom. The maximum Gasteiger partial charge on any atom is 0.143 e. The molecule has 1 heterocycles. The van der Waals surface area contributed by atoms with Crippen LogP contribution < -0.4 is 4.90 Å². The van der Waals surface area contributed by atoms with Crippen LogP contribution in [0, 0.1) is 5.92 Å². The first-order chi connectivity index (χ1) is 29.0. The number of fused-ring (bicyclic) bond motifs is 6. The van der Waals surface area contributed by atoms with Gasteiger partial charge in [-0.3, -0.25) is 0 Å². The van der Waals surface area contributed by atoms with Crippen molar-refractivity contribution in [3.63, 3.8) is 0 Å². The van der Waals surface area contributed by atoms with Crippen molar-refractivity contribution >= 4 is 39.0 Å². The van der Waals surface area contributed by atoms with Gasteiger partial charge in [-0.25, -0.2) is 0 Å². The smallest absolute Gasteiger partial charge is 0.143 e. The molecule has 0 spiro atoms. The van der Waals surface area contributed by atoms with Gasteiger partial charge in [-0.1, -0.05) is 166 Å². The molecule has 0 saturated carbocycles. The van der Waals surface area contributed by atoms with E-state index < -0.39 is 0 Å². The second-order valence-corrected chi connectivity index (χ2v) is 16.6. The lowest BCUT2D eigenvalue weighted by molar-refractivity contribution is 0.394. The Bertz CT molecular complexity index is 3000. The summed E-state index contributed by atoms with van der Waals surface area (Å²) in [6.45, 7) is 4.81. The van der Waals surface area contributed by atoms with Gasteiger partial charge in [0.1, 0.15) is 11.2 Å². The summed E-state index contributed by atoms with van der Waals surface area (Å²) in [5.74, 6) is 0.845. The predicted octanol–water partition coefficient (Wildman–Crippen LogP) is 15.8. The van der Waals surface area contributed by atoms with E-state index in [-0.39, 0.29) is 5.41 Å².